The van der Waals surface area contributed by atoms with E-state index in [0.717, 1.165) is 18.4 Å². The van der Waals surface area contributed by atoms with Gasteiger partial charge in [0, 0.05) is 12.4 Å². The molecule has 0 aliphatic heterocycles. The van der Waals surface area contributed by atoms with Gasteiger partial charge in [-0.2, -0.15) is 0 Å². The molecule has 2 nitrogen and oxygen atoms in total. The molecule has 0 spiro atoms. The smallest absolute Gasteiger partial charge is 0.0735 e. The van der Waals surface area contributed by atoms with Crippen molar-refractivity contribution in [2.75, 3.05) is 0 Å². The Balaban J connectivity index is 2.34. The molecule has 1 heterocycles. The summed E-state index contributed by atoms with van der Waals surface area (Å²) in [6.07, 6.45) is 6.18. The first-order valence-electron chi connectivity index (χ1n) is 4.87. The van der Waals surface area contributed by atoms with Crippen LogP contribution in [0.5, 0.6) is 0 Å². The molecule has 0 amide bonds. The van der Waals surface area contributed by atoms with Gasteiger partial charge in [0.1, 0.15) is 0 Å². The third-order valence-corrected chi connectivity index (χ3v) is 2.12. The van der Waals surface area contributed by atoms with E-state index in [2.05, 4.69) is 18.8 Å². The van der Waals surface area contributed by atoms with Crippen molar-refractivity contribution < 1.29 is 4.74 Å². The summed E-state index contributed by atoms with van der Waals surface area (Å²) in [5.41, 5.74) is 1.15. The number of ether oxygens (including phenoxy) is 1. The van der Waals surface area contributed by atoms with Gasteiger partial charge >= 0.3 is 0 Å². The fraction of sp³-hybridized carbons (Fsp3) is 0.545. The molecule has 0 saturated heterocycles. The molecule has 2 heteroatoms. The number of rotatable bonds is 5. The molecule has 0 fully saturated rings. The Labute approximate surface area is 80.0 Å². The Hall–Kier alpha value is -0.890. The van der Waals surface area contributed by atoms with Crippen molar-refractivity contribution >= 4 is 0 Å². The van der Waals surface area contributed by atoms with Crippen LogP contribution in [0, 0.1) is 0 Å². The first kappa shape index (κ1) is 10.2. The van der Waals surface area contributed by atoms with E-state index in [4.69, 9.17) is 4.74 Å². The first-order chi connectivity index (χ1) is 6.36. The van der Waals surface area contributed by atoms with Crippen molar-refractivity contribution in [2.24, 2.45) is 0 Å². The number of hydrogen-bond donors (Lipinski definition) is 0. The normalized spacial score (nSPS) is 10.7. The van der Waals surface area contributed by atoms with E-state index >= 15 is 0 Å². The fourth-order valence-electron chi connectivity index (χ4n) is 1.22. The zero-order valence-electron chi connectivity index (χ0n) is 8.36. The molecule has 1 aromatic rings. The second-order valence-electron chi connectivity index (χ2n) is 3.11. The van der Waals surface area contributed by atoms with Crippen molar-refractivity contribution in [2.45, 2.75) is 39.4 Å². The zero-order chi connectivity index (χ0) is 9.52. The van der Waals surface area contributed by atoms with Crippen LogP contribution in [0.2, 0.25) is 0 Å². The lowest BCUT2D eigenvalue weighted by atomic mass is 10.2. The van der Waals surface area contributed by atoms with Gasteiger partial charge in [-0.3, -0.25) is 4.98 Å². The van der Waals surface area contributed by atoms with Crippen LogP contribution in [0.3, 0.4) is 0 Å². The van der Waals surface area contributed by atoms with E-state index < -0.39 is 0 Å². The lowest BCUT2D eigenvalue weighted by Gasteiger charge is -2.13. The maximum absolute atomic E-state index is 5.69. The third-order valence-electron chi connectivity index (χ3n) is 2.12. The van der Waals surface area contributed by atoms with Crippen LogP contribution in [0.25, 0.3) is 0 Å². The molecule has 0 aliphatic carbocycles. The van der Waals surface area contributed by atoms with Crippen LogP contribution in [-0.4, -0.2) is 11.1 Å². The van der Waals surface area contributed by atoms with Gasteiger partial charge in [-0.25, -0.2) is 0 Å². The quantitative estimate of drug-likeness (QED) is 0.693. The highest BCUT2D eigenvalue weighted by Crippen LogP contribution is 2.07. The predicted octanol–water partition coefficient (Wildman–Crippen LogP) is 2.79. The number of nitrogens with zero attached hydrogens (tertiary/aromatic N) is 1. The van der Waals surface area contributed by atoms with E-state index in [-0.39, 0.29) is 0 Å². The van der Waals surface area contributed by atoms with E-state index in [0.29, 0.717) is 12.7 Å². The lowest BCUT2D eigenvalue weighted by molar-refractivity contribution is 0.0357. The van der Waals surface area contributed by atoms with Crippen molar-refractivity contribution in [3.8, 4) is 0 Å². The molecule has 0 saturated carbocycles. The minimum Gasteiger partial charge on any atom is -0.374 e. The molecule has 13 heavy (non-hydrogen) atoms. The summed E-state index contributed by atoms with van der Waals surface area (Å²) in [5, 5.41) is 0. The van der Waals surface area contributed by atoms with Gasteiger partial charge in [-0.05, 0) is 24.5 Å². The molecule has 0 aromatic carbocycles. The Morgan fingerprint density at radius 1 is 1.38 bits per heavy atom. The van der Waals surface area contributed by atoms with Gasteiger partial charge in [0.15, 0.2) is 0 Å². The second-order valence-corrected chi connectivity index (χ2v) is 3.11. The zero-order valence-corrected chi connectivity index (χ0v) is 8.36. The van der Waals surface area contributed by atoms with Gasteiger partial charge in [-0.1, -0.05) is 19.9 Å². The molecule has 0 N–H and O–H groups in total. The van der Waals surface area contributed by atoms with Crippen LogP contribution < -0.4 is 0 Å². The van der Waals surface area contributed by atoms with Crippen molar-refractivity contribution in [1.82, 2.24) is 4.98 Å². The first-order valence-corrected chi connectivity index (χ1v) is 4.87. The lowest BCUT2D eigenvalue weighted by Crippen LogP contribution is -2.09. The van der Waals surface area contributed by atoms with Gasteiger partial charge in [0.2, 0.25) is 0 Å². The summed E-state index contributed by atoms with van der Waals surface area (Å²) >= 11 is 0. The molecule has 0 radical (unpaired) electrons. The van der Waals surface area contributed by atoms with Gasteiger partial charge in [0.05, 0.1) is 12.7 Å². The maximum atomic E-state index is 5.69. The summed E-state index contributed by atoms with van der Waals surface area (Å²) in [4.78, 5) is 4.03. The van der Waals surface area contributed by atoms with Crippen LogP contribution in [0.4, 0.5) is 0 Å². The predicted molar refractivity (Wildman–Crippen MR) is 53.4 cm³/mol. The average molecular weight is 179 g/mol. The molecule has 0 bridgehead atoms. The summed E-state index contributed by atoms with van der Waals surface area (Å²) in [5.74, 6) is 0. The Morgan fingerprint density at radius 3 is 2.69 bits per heavy atom. The van der Waals surface area contributed by atoms with Crippen molar-refractivity contribution in [1.29, 1.82) is 0 Å². The molecule has 0 atom stereocenters. The van der Waals surface area contributed by atoms with Crippen molar-refractivity contribution in [3.63, 3.8) is 0 Å². The summed E-state index contributed by atoms with van der Waals surface area (Å²) in [6.45, 7) is 4.98. The van der Waals surface area contributed by atoms with E-state index in [1.165, 1.54) is 0 Å². The van der Waals surface area contributed by atoms with Crippen LogP contribution >= 0.6 is 0 Å². The minimum absolute atomic E-state index is 0.389. The Kier molecular flexibility index (Phi) is 4.47. The average Bonchev–Trinajstić information content (AvgIpc) is 2.21. The topological polar surface area (TPSA) is 22.1 Å². The molecule has 1 rings (SSSR count). The number of pyridine rings is 1. The molecule has 1 aromatic heterocycles. The summed E-state index contributed by atoms with van der Waals surface area (Å²) in [6, 6.07) is 3.97. The van der Waals surface area contributed by atoms with E-state index in [1.54, 1.807) is 6.20 Å². The monoisotopic (exact) mass is 179 g/mol. The van der Waals surface area contributed by atoms with Gasteiger partial charge < -0.3 is 4.74 Å². The van der Waals surface area contributed by atoms with E-state index in [1.807, 2.05) is 18.3 Å². The van der Waals surface area contributed by atoms with Crippen LogP contribution in [0.1, 0.15) is 32.3 Å². The van der Waals surface area contributed by atoms with Gasteiger partial charge in [0.25, 0.3) is 0 Å². The summed E-state index contributed by atoms with van der Waals surface area (Å²) in [7, 11) is 0. The van der Waals surface area contributed by atoms with Gasteiger partial charge in [-0.15, -0.1) is 0 Å². The Bertz CT molecular complexity index is 219. The molecule has 0 aliphatic rings. The second kappa shape index (κ2) is 5.70. The highest BCUT2D eigenvalue weighted by atomic mass is 16.5. The van der Waals surface area contributed by atoms with Crippen molar-refractivity contribution in [3.05, 3.63) is 30.1 Å². The SMILES string of the molecule is CCC(CC)OCc1cccnc1. The maximum Gasteiger partial charge on any atom is 0.0735 e. The Morgan fingerprint density at radius 2 is 2.15 bits per heavy atom. The van der Waals surface area contributed by atoms with E-state index in [9.17, 15) is 0 Å². The third kappa shape index (κ3) is 3.55. The molecular formula is C11H17NO. The fourth-order valence-corrected chi connectivity index (χ4v) is 1.22. The highest BCUT2D eigenvalue weighted by molar-refractivity contribution is 5.06. The number of hydrogen-bond acceptors (Lipinski definition) is 2. The molecule has 0 unspecified atom stereocenters. The number of aromatic nitrogens is 1. The highest BCUT2D eigenvalue weighted by Gasteiger charge is 2.02. The largest absolute Gasteiger partial charge is 0.374 e. The van der Waals surface area contributed by atoms with Crippen LogP contribution in [0.15, 0.2) is 24.5 Å². The minimum atomic E-state index is 0.389. The summed E-state index contributed by atoms with van der Waals surface area (Å²) < 4.78 is 5.69. The van der Waals surface area contributed by atoms with Crippen LogP contribution in [-0.2, 0) is 11.3 Å². The standard InChI is InChI=1S/C11H17NO/c1-3-11(4-2)13-9-10-6-5-7-12-8-10/h5-8,11H,3-4,9H2,1-2H3. The molecular weight excluding hydrogens is 162 g/mol. The molecule has 72 valence electrons.